The molecule has 1 aromatic rings. The maximum atomic E-state index is 11.7. The van der Waals surface area contributed by atoms with Crippen molar-refractivity contribution in [3.8, 4) is 0 Å². The van der Waals surface area contributed by atoms with E-state index in [4.69, 9.17) is 0 Å². The third kappa shape index (κ3) is 2.31. The summed E-state index contributed by atoms with van der Waals surface area (Å²) < 4.78 is 0. The van der Waals surface area contributed by atoms with Crippen LogP contribution < -0.4 is 0 Å². The second-order valence-electron chi connectivity index (χ2n) is 6.02. The van der Waals surface area contributed by atoms with E-state index in [0.29, 0.717) is 12.8 Å². The van der Waals surface area contributed by atoms with E-state index in [1.165, 1.54) is 0 Å². The zero-order valence-electron chi connectivity index (χ0n) is 11.3. The van der Waals surface area contributed by atoms with Gasteiger partial charge in [0.2, 0.25) is 0 Å². The summed E-state index contributed by atoms with van der Waals surface area (Å²) in [5, 5.41) is 11.6. The Morgan fingerprint density at radius 1 is 1.39 bits per heavy atom. The van der Waals surface area contributed by atoms with Crippen molar-refractivity contribution in [2.75, 3.05) is 13.1 Å². The number of rotatable bonds is 2. The van der Waals surface area contributed by atoms with Crippen LogP contribution in [0.25, 0.3) is 0 Å². The lowest BCUT2D eigenvalue weighted by atomic mass is 9.76. The van der Waals surface area contributed by atoms with Gasteiger partial charge in [0.25, 0.3) is 0 Å². The largest absolute Gasteiger partial charge is 0.481 e. The quantitative estimate of drug-likeness (QED) is 0.895. The summed E-state index contributed by atoms with van der Waals surface area (Å²) in [6.07, 6.45) is 1.42. The van der Waals surface area contributed by atoms with Crippen LogP contribution in [0.4, 0.5) is 0 Å². The zero-order chi connectivity index (χ0) is 13.4. The highest BCUT2D eigenvalue weighted by molar-refractivity contribution is 7.10. The van der Waals surface area contributed by atoms with E-state index >= 15 is 0 Å². The van der Waals surface area contributed by atoms with Crippen molar-refractivity contribution in [1.82, 2.24) is 4.90 Å². The smallest absolute Gasteiger partial charge is 0.315 e. The Hall–Kier alpha value is -0.870. The summed E-state index contributed by atoms with van der Waals surface area (Å²) in [5.74, 6) is -0.668. The van der Waals surface area contributed by atoms with Gasteiger partial charge in [0.15, 0.2) is 0 Å². The third-order valence-electron chi connectivity index (χ3n) is 3.97. The average molecular weight is 267 g/mol. The van der Waals surface area contributed by atoms with Crippen molar-refractivity contribution in [3.63, 3.8) is 0 Å². The minimum Gasteiger partial charge on any atom is -0.481 e. The number of piperidine rings is 1. The molecule has 0 unspecified atom stereocenters. The van der Waals surface area contributed by atoms with Gasteiger partial charge in [-0.1, -0.05) is 6.07 Å². The van der Waals surface area contributed by atoms with Crippen molar-refractivity contribution in [1.29, 1.82) is 0 Å². The minimum atomic E-state index is -0.668. The topological polar surface area (TPSA) is 40.5 Å². The van der Waals surface area contributed by atoms with Gasteiger partial charge < -0.3 is 5.11 Å². The number of carboxylic acids is 1. The Morgan fingerprint density at radius 2 is 2.00 bits per heavy atom. The number of aliphatic carboxylic acids is 1. The number of nitrogens with zero attached hydrogens (tertiary/aromatic N) is 1. The SMILES string of the molecule is CC(C)(C)N1CCC(C(=O)O)(c2cccs2)CC1. The summed E-state index contributed by atoms with van der Waals surface area (Å²) in [7, 11) is 0. The number of thiophene rings is 1. The summed E-state index contributed by atoms with van der Waals surface area (Å²) in [4.78, 5) is 15.1. The Labute approximate surface area is 112 Å². The molecular formula is C14H21NO2S. The van der Waals surface area contributed by atoms with Gasteiger partial charge in [-0.2, -0.15) is 0 Å². The molecule has 4 heteroatoms. The van der Waals surface area contributed by atoms with E-state index in [-0.39, 0.29) is 5.54 Å². The zero-order valence-corrected chi connectivity index (χ0v) is 12.1. The summed E-state index contributed by atoms with van der Waals surface area (Å²) in [6.45, 7) is 8.27. The lowest BCUT2D eigenvalue weighted by Gasteiger charge is -2.44. The molecular weight excluding hydrogens is 246 g/mol. The number of carbonyl (C=O) groups is 1. The van der Waals surface area contributed by atoms with Gasteiger partial charge in [0, 0.05) is 23.5 Å². The van der Waals surface area contributed by atoms with E-state index in [1.54, 1.807) is 11.3 Å². The first-order valence-corrected chi connectivity index (χ1v) is 7.27. The Balaban J connectivity index is 2.20. The second kappa shape index (κ2) is 4.67. The van der Waals surface area contributed by atoms with Gasteiger partial charge in [-0.05, 0) is 45.1 Å². The van der Waals surface area contributed by atoms with Crippen molar-refractivity contribution < 1.29 is 9.90 Å². The molecule has 0 bridgehead atoms. The molecule has 1 aromatic heterocycles. The fourth-order valence-corrected chi connectivity index (χ4v) is 3.65. The first-order valence-electron chi connectivity index (χ1n) is 6.39. The Bertz CT molecular complexity index is 412. The van der Waals surface area contributed by atoms with Crippen LogP contribution in [0.15, 0.2) is 17.5 Å². The highest BCUT2D eigenvalue weighted by Gasteiger charge is 2.45. The Kier molecular flexibility index (Phi) is 3.52. The van der Waals surface area contributed by atoms with Crippen molar-refractivity contribution >= 4 is 17.3 Å². The monoisotopic (exact) mass is 267 g/mol. The first kappa shape index (κ1) is 13.6. The van der Waals surface area contributed by atoms with Crippen molar-refractivity contribution in [3.05, 3.63) is 22.4 Å². The van der Waals surface area contributed by atoms with E-state index in [2.05, 4.69) is 25.7 Å². The summed E-state index contributed by atoms with van der Waals surface area (Å²) in [6, 6.07) is 3.91. The van der Waals surface area contributed by atoms with Crippen LogP contribution in [0.3, 0.4) is 0 Å². The number of likely N-dealkylation sites (tertiary alicyclic amines) is 1. The first-order chi connectivity index (χ1) is 8.36. The van der Waals surface area contributed by atoms with Crippen LogP contribution in [0.1, 0.15) is 38.5 Å². The molecule has 3 nitrogen and oxygen atoms in total. The van der Waals surface area contributed by atoms with E-state index in [1.807, 2.05) is 17.5 Å². The van der Waals surface area contributed by atoms with E-state index in [0.717, 1.165) is 18.0 Å². The fraction of sp³-hybridized carbons (Fsp3) is 0.643. The molecule has 0 aliphatic carbocycles. The molecule has 1 aliphatic rings. The van der Waals surface area contributed by atoms with Crippen LogP contribution in [0.2, 0.25) is 0 Å². The predicted molar refractivity (Wildman–Crippen MR) is 74.2 cm³/mol. The van der Waals surface area contributed by atoms with Crippen molar-refractivity contribution in [2.45, 2.75) is 44.6 Å². The molecule has 1 aliphatic heterocycles. The molecule has 0 saturated carbocycles. The molecule has 0 spiro atoms. The van der Waals surface area contributed by atoms with Gasteiger partial charge >= 0.3 is 5.97 Å². The molecule has 1 fully saturated rings. The minimum absolute atomic E-state index is 0.125. The molecule has 0 amide bonds. The number of carboxylic acid groups (broad SMARTS) is 1. The molecule has 100 valence electrons. The van der Waals surface area contributed by atoms with Gasteiger partial charge in [-0.15, -0.1) is 11.3 Å². The molecule has 0 atom stereocenters. The van der Waals surface area contributed by atoms with Gasteiger partial charge in [-0.25, -0.2) is 0 Å². The molecule has 1 N–H and O–H groups in total. The standard InChI is InChI=1S/C14H21NO2S/c1-13(2,3)15-8-6-14(7-9-15,12(16)17)11-5-4-10-18-11/h4-5,10H,6-9H2,1-3H3,(H,16,17). The average Bonchev–Trinajstić information content (AvgIpc) is 2.81. The number of hydrogen-bond donors (Lipinski definition) is 1. The van der Waals surface area contributed by atoms with E-state index in [9.17, 15) is 9.90 Å². The van der Waals surface area contributed by atoms with Gasteiger partial charge in [-0.3, -0.25) is 9.69 Å². The summed E-state index contributed by atoms with van der Waals surface area (Å²) >= 11 is 1.57. The lowest BCUT2D eigenvalue weighted by molar-refractivity contribution is -0.146. The van der Waals surface area contributed by atoms with Crippen LogP contribution >= 0.6 is 11.3 Å². The van der Waals surface area contributed by atoms with Gasteiger partial charge in [0.1, 0.15) is 5.41 Å². The molecule has 1 saturated heterocycles. The van der Waals surface area contributed by atoms with Crippen LogP contribution in [0, 0.1) is 0 Å². The second-order valence-corrected chi connectivity index (χ2v) is 6.97. The van der Waals surface area contributed by atoms with Crippen LogP contribution in [0.5, 0.6) is 0 Å². The Morgan fingerprint density at radius 3 is 2.39 bits per heavy atom. The highest BCUT2D eigenvalue weighted by Crippen LogP contribution is 2.39. The predicted octanol–water partition coefficient (Wildman–Crippen LogP) is 2.96. The molecule has 2 rings (SSSR count). The fourth-order valence-electron chi connectivity index (χ4n) is 2.68. The molecule has 18 heavy (non-hydrogen) atoms. The highest BCUT2D eigenvalue weighted by atomic mass is 32.1. The molecule has 2 heterocycles. The van der Waals surface area contributed by atoms with Gasteiger partial charge in [0.05, 0.1) is 0 Å². The lowest BCUT2D eigenvalue weighted by Crippen LogP contribution is -2.52. The van der Waals surface area contributed by atoms with Crippen LogP contribution in [-0.2, 0) is 10.2 Å². The molecule has 0 radical (unpaired) electrons. The maximum Gasteiger partial charge on any atom is 0.315 e. The van der Waals surface area contributed by atoms with E-state index < -0.39 is 11.4 Å². The molecule has 0 aromatic carbocycles. The third-order valence-corrected chi connectivity index (χ3v) is 5.04. The number of hydrogen-bond acceptors (Lipinski definition) is 3. The maximum absolute atomic E-state index is 11.7. The summed E-state index contributed by atoms with van der Waals surface area (Å²) in [5.41, 5.74) is -0.532. The normalized spacial score (nSPS) is 20.8. The van der Waals surface area contributed by atoms with Crippen LogP contribution in [-0.4, -0.2) is 34.6 Å². The van der Waals surface area contributed by atoms with Crippen molar-refractivity contribution in [2.24, 2.45) is 0 Å².